The Hall–Kier alpha value is -1.78. The monoisotopic (exact) mass is 245 g/mol. The average molecular weight is 245 g/mol. The van der Waals surface area contributed by atoms with Crippen molar-refractivity contribution in [1.29, 1.82) is 0 Å². The molecular weight excluding hydrogens is 226 g/mol. The smallest absolute Gasteiger partial charge is 0.207 e. The van der Waals surface area contributed by atoms with Gasteiger partial charge in [0, 0.05) is 31.2 Å². The third kappa shape index (κ3) is 2.12. The Bertz CT molecular complexity index is 507. The van der Waals surface area contributed by atoms with Crippen LogP contribution in [0, 0.1) is 0 Å². The second kappa shape index (κ2) is 4.84. The Balaban J connectivity index is 1.78. The maximum atomic E-state index is 4.41. The van der Waals surface area contributed by atoms with Crippen LogP contribution in [-0.2, 0) is 6.54 Å². The molecule has 0 bridgehead atoms. The minimum absolute atomic E-state index is 0.608. The van der Waals surface area contributed by atoms with E-state index in [9.17, 15) is 0 Å². The van der Waals surface area contributed by atoms with Crippen molar-refractivity contribution in [2.24, 2.45) is 0 Å². The number of hydrogen-bond donors (Lipinski definition) is 1. The van der Waals surface area contributed by atoms with E-state index < -0.39 is 0 Å². The van der Waals surface area contributed by atoms with Gasteiger partial charge in [0.2, 0.25) is 5.95 Å². The van der Waals surface area contributed by atoms with E-state index in [4.69, 9.17) is 0 Å². The molecule has 18 heavy (non-hydrogen) atoms. The molecule has 0 atom stereocenters. The van der Waals surface area contributed by atoms with E-state index in [0.717, 1.165) is 18.2 Å². The number of rotatable bonds is 4. The molecule has 2 heterocycles. The zero-order valence-electron chi connectivity index (χ0n) is 10.7. The van der Waals surface area contributed by atoms with Crippen molar-refractivity contribution < 1.29 is 0 Å². The fourth-order valence-electron chi connectivity index (χ4n) is 2.62. The van der Waals surface area contributed by atoms with Crippen LogP contribution in [0.4, 0.5) is 11.6 Å². The average Bonchev–Trinajstić information content (AvgIpc) is 3.09. The summed E-state index contributed by atoms with van der Waals surface area (Å²) < 4.78 is 4.17. The Morgan fingerprint density at radius 1 is 1.39 bits per heavy atom. The second-order valence-electron chi connectivity index (χ2n) is 4.81. The summed E-state index contributed by atoms with van der Waals surface area (Å²) in [6, 6.07) is 0.608. The Morgan fingerprint density at radius 3 is 2.94 bits per heavy atom. The molecule has 2 aromatic heterocycles. The molecule has 5 nitrogen and oxygen atoms in total. The van der Waals surface area contributed by atoms with Gasteiger partial charge in [-0.25, -0.2) is 4.98 Å². The number of nitrogens with zero attached hydrogens (tertiary/aromatic N) is 4. The van der Waals surface area contributed by atoms with Crippen LogP contribution in [-0.4, -0.2) is 19.3 Å². The van der Waals surface area contributed by atoms with Gasteiger partial charge in [-0.15, -0.1) is 0 Å². The molecule has 0 amide bonds. The molecule has 5 heteroatoms. The van der Waals surface area contributed by atoms with Crippen LogP contribution < -0.4 is 5.32 Å². The fourth-order valence-corrected chi connectivity index (χ4v) is 2.62. The highest BCUT2D eigenvalue weighted by atomic mass is 15.3. The van der Waals surface area contributed by atoms with Gasteiger partial charge in [-0.05, 0) is 19.8 Å². The Morgan fingerprint density at radius 2 is 2.22 bits per heavy atom. The number of imidazole rings is 1. The molecule has 0 saturated heterocycles. The normalized spacial score (nSPS) is 16.3. The summed E-state index contributed by atoms with van der Waals surface area (Å²) in [5.74, 6) is 0.928. The molecule has 0 spiro atoms. The second-order valence-corrected chi connectivity index (χ2v) is 4.81. The van der Waals surface area contributed by atoms with E-state index in [1.807, 2.05) is 23.3 Å². The molecule has 3 rings (SSSR count). The molecule has 1 saturated carbocycles. The summed E-state index contributed by atoms with van der Waals surface area (Å²) in [5.41, 5.74) is 1.00. The molecule has 0 unspecified atom stereocenters. The van der Waals surface area contributed by atoms with Crippen molar-refractivity contribution in [2.45, 2.75) is 45.2 Å². The summed E-state index contributed by atoms with van der Waals surface area (Å²) in [6.07, 6.45) is 13.0. The first kappa shape index (κ1) is 11.3. The third-order valence-corrected chi connectivity index (χ3v) is 3.60. The van der Waals surface area contributed by atoms with Gasteiger partial charge in [-0.1, -0.05) is 12.8 Å². The van der Waals surface area contributed by atoms with Crippen LogP contribution in [0.3, 0.4) is 0 Å². The van der Waals surface area contributed by atoms with Crippen molar-refractivity contribution in [3.05, 3.63) is 24.8 Å². The maximum Gasteiger partial charge on any atom is 0.207 e. The molecule has 0 aliphatic heterocycles. The Kier molecular flexibility index (Phi) is 3.04. The predicted molar refractivity (Wildman–Crippen MR) is 70.9 cm³/mol. The highest BCUT2D eigenvalue weighted by Gasteiger charge is 2.19. The van der Waals surface area contributed by atoms with E-state index >= 15 is 0 Å². The lowest BCUT2D eigenvalue weighted by atomic mass is 10.2. The maximum absolute atomic E-state index is 4.41. The lowest BCUT2D eigenvalue weighted by Crippen LogP contribution is -2.07. The third-order valence-electron chi connectivity index (χ3n) is 3.60. The highest BCUT2D eigenvalue weighted by Crippen LogP contribution is 2.32. The van der Waals surface area contributed by atoms with Crippen molar-refractivity contribution in [2.75, 3.05) is 5.32 Å². The van der Waals surface area contributed by atoms with Gasteiger partial charge in [0.25, 0.3) is 0 Å². The van der Waals surface area contributed by atoms with Crippen molar-refractivity contribution in [3.63, 3.8) is 0 Å². The number of nitrogens with one attached hydrogen (secondary N) is 1. The van der Waals surface area contributed by atoms with Gasteiger partial charge in [-0.3, -0.25) is 4.68 Å². The fraction of sp³-hybridized carbons (Fsp3) is 0.538. The zero-order valence-corrected chi connectivity index (χ0v) is 10.7. The van der Waals surface area contributed by atoms with Crippen LogP contribution in [0.2, 0.25) is 0 Å². The van der Waals surface area contributed by atoms with E-state index in [0.29, 0.717) is 6.04 Å². The first-order valence-electron chi connectivity index (χ1n) is 6.69. The van der Waals surface area contributed by atoms with E-state index in [1.165, 1.54) is 25.7 Å². The summed E-state index contributed by atoms with van der Waals surface area (Å²) in [4.78, 5) is 4.41. The standard InChI is InChI=1S/C13H19N5/c1-2-17-10-11(9-15-17)16-13-14-7-8-18(13)12-5-3-4-6-12/h7-10,12H,2-6H2,1H3,(H,14,16). The first-order valence-corrected chi connectivity index (χ1v) is 6.69. The summed E-state index contributed by atoms with van der Waals surface area (Å²) >= 11 is 0. The molecule has 0 radical (unpaired) electrons. The van der Waals surface area contributed by atoms with E-state index in [-0.39, 0.29) is 0 Å². The van der Waals surface area contributed by atoms with E-state index in [1.54, 1.807) is 0 Å². The lowest BCUT2D eigenvalue weighted by molar-refractivity contribution is 0.525. The summed E-state index contributed by atoms with van der Waals surface area (Å²) in [5, 5.41) is 7.61. The molecule has 2 aromatic rings. The lowest BCUT2D eigenvalue weighted by Gasteiger charge is -2.14. The van der Waals surface area contributed by atoms with E-state index in [2.05, 4.69) is 33.1 Å². The first-order chi connectivity index (χ1) is 8.86. The molecule has 1 N–H and O–H groups in total. The minimum atomic E-state index is 0.608. The van der Waals surface area contributed by atoms with Crippen molar-refractivity contribution >= 4 is 11.6 Å². The topological polar surface area (TPSA) is 47.7 Å². The number of aryl methyl sites for hydroxylation is 1. The summed E-state index contributed by atoms with van der Waals surface area (Å²) in [7, 11) is 0. The SMILES string of the molecule is CCn1cc(Nc2nccn2C2CCCC2)cn1. The zero-order chi connectivity index (χ0) is 12.4. The van der Waals surface area contributed by atoms with Crippen molar-refractivity contribution in [3.8, 4) is 0 Å². The van der Waals surface area contributed by atoms with Gasteiger partial charge in [0.1, 0.15) is 0 Å². The van der Waals surface area contributed by atoms with Crippen LogP contribution in [0.15, 0.2) is 24.8 Å². The minimum Gasteiger partial charge on any atom is -0.323 e. The van der Waals surface area contributed by atoms with Crippen LogP contribution in [0.1, 0.15) is 38.6 Å². The number of anilines is 2. The number of hydrogen-bond acceptors (Lipinski definition) is 3. The Labute approximate surface area is 107 Å². The van der Waals surface area contributed by atoms with Gasteiger partial charge in [0.05, 0.1) is 11.9 Å². The quantitative estimate of drug-likeness (QED) is 0.900. The largest absolute Gasteiger partial charge is 0.323 e. The summed E-state index contributed by atoms with van der Waals surface area (Å²) in [6.45, 7) is 2.97. The van der Waals surface area contributed by atoms with Crippen LogP contribution in [0.25, 0.3) is 0 Å². The number of aromatic nitrogens is 4. The predicted octanol–water partition coefficient (Wildman–Crippen LogP) is 2.96. The van der Waals surface area contributed by atoms with Gasteiger partial charge in [0.15, 0.2) is 0 Å². The van der Waals surface area contributed by atoms with Gasteiger partial charge in [-0.2, -0.15) is 5.10 Å². The molecular formula is C13H19N5. The van der Waals surface area contributed by atoms with Gasteiger partial charge >= 0.3 is 0 Å². The van der Waals surface area contributed by atoms with Crippen LogP contribution >= 0.6 is 0 Å². The molecule has 1 aliphatic rings. The van der Waals surface area contributed by atoms with Crippen molar-refractivity contribution in [1.82, 2.24) is 19.3 Å². The molecule has 96 valence electrons. The molecule has 1 aliphatic carbocycles. The van der Waals surface area contributed by atoms with Gasteiger partial charge < -0.3 is 9.88 Å². The molecule has 1 fully saturated rings. The highest BCUT2D eigenvalue weighted by molar-refractivity contribution is 5.51. The van der Waals surface area contributed by atoms with Crippen LogP contribution in [0.5, 0.6) is 0 Å². The molecule has 0 aromatic carbocycles.